The highest BCUT2D eigenvalue weighted by Crippen LogP contribution is 2.33. The molecule has 3 heterocycles. The van der Waals surface area contributed by atoms with Crippen molar-refractivity contribution in [1.82, 2.24) is 19.7 Å². The summed E-state index contributed by atoms with van der Waals surface area (Å²) in [6.45, 7) is 5.61. The highest BCUT2D eigenvalue weighted by atomic mass is 28.4. The number of aromatic nitrogens is 3. The van der Waals surface area contributed by atoms with E-state index in [0.717, 1.165) is 33.3 Å². The van der Waals surface area contributed by atoms with Crippen LogP contribution in [0.15, 0.2) is 48.7 Å². The van der Waals surface area contributed by atoms with Crippen molar-refractivity contribution in [3.05, 3.63) is 54.2 Å². The number of nitrogens with zero attached hydrogens (tertiary/aromatic N) is 4. The third kappa shape index (κ3) is 5.93. The van der Waals surface area contributed by atoms with E-state index >= 15 is 4.39 Å². The second-order valence-electron chi connectivity index (χ2n) is 9.41. The number of carbonyl (C=O) groups excluding carboxylic acids is 2. The number of pyridine rings is 1. The van der Waals surface area contributed by atoms with Crippen LogP contribution in [0.3, 0.4) is 0 Å². The molecule has 0 spiro atoms. The van der Waals surface area contributed by atoms with Gasteiger partial charge in [-0.2, -0.15) is 9.78 Å². The lowest BCUT2D eigenvalue weighted by molar-refractivity contribution is -0.122. The number of amides is 2. The molecule has 208 valence electrons. The molecule has 0 unspecified atom stereocenters. The van der Waals surface area contributed by atoms with Gasteiger partial charge in [-0.15, -0.1) is 0 Å². The first-order valence-electron chi connectivity index (χ1n) is 12.9. The Morgan fingerprint density at radius 3 is 2.44 bits per heavy atom. The van der Waals surface area contributed by atoms with Gasteiger partial charge in [-0.05, 0) is 35.8 Å². The SMILES string of the molecule is CC[Si](CC)(CC)O[C@@H]1[C@@H](F)CN(C(=O)OCc2ccccc2)[C@H]1C(=O)Nc1ccc2c(cnn2C(=O)O)n1. The Hall–Kier alpha value is -3.84. The number of benzene rings is 1. The zero-order chi connectivity index (χ0) is 28.2. The van der Waals surface area contributed by atoms with Crippen LogP contribution >= 0.6 is 0 Å². The molecule has 0 aliphatic carbocycles. The van der Waals surface area contributed by atoms with E-state index in [0.29, 0.717) is 0 Å². The molecule has 39 heavy (non-hydrogen) atoms. The predicted octanol–water partition coefficient (Wildman–Crippen LogP) is 4.65. The minimum Gasteiger partial charge on any atom is -0.463 e. The monoisotopic (exact) mass is 557 g/mol. The summed E-state index contributed by atoms with van der Waals surface area (Å²) in [7, 11) is -2.36. The standard InChI is InChI=1S/C26H32FN5O6Si/c1-4-39(5-2,6-3)38-23-18(27)15-31(26(36)37-16-17-10-8-7-9-11-17)22(23)24(33)30-21-13-12-20-19(29-21)14-28-32(20)25(34)35/h7-14,18,22-23H,4-6,15-16H2,1-3H3,(H,34,35)(H,29,30,33)/t18-,22+,23+/m0/s1. The van der Waals surface area contributed by atoms with Crippen molar-refractivity contribution >= 4 is 43.3 Å². The van der Waals surface area contributed by atoms with Gasteiger partial charge in [-0.1, -0.05) is 51.1 Å². The van der Waals surface area contributed by atoms with Crippen LogP contribution in [0.25, 0.3) is 11.0 Å². The number of hydrogen-bond donors (Lipinski definition) is 2. The summed E-state index contributed by atoms with van der Waals surface area (Å²) in [5, 5.41) is 15.7. The first kappa shape index (κ1) is 28.2. The molecule has 1 saturated heterocycles. The van der Waals surface area contributed by atoms with Gasteiger partial charge < -0.3 is 19.6 Å². The van der Waals surface area contributed by atoms with Crippen LogP contribution in [0.4, 0.5) is 19.8 Å². The van der Waals surface area contributed by atoms with Gasteiger partial charge in [0.1, 0.15) is 36.3 Å². The van der Waals surface area contributed by atoms with Crippen molar-refractivity contribution in [3.8, 4) is 0 Å². The van der Waals surface area contributed by atoms with Gasteiger partial charge in [0.25, 0.3) is 5.91 Å². The van der Waals surface area contributed by atoms with Gasteiger partial charge in [0.2, 0.25) is 0 Å². The summed E-state index contributed by atoms with van der Waals surface area (Å²) in [4.78, 5) is 43.4. The Morgan fingerprint density at radius 1 is 1.10 bits per heavy atom. The number of likely N-dealkylation sites (tertiary alicyclic amines) is 1. The molecule has 0 radical (unpaired) electrons. The van der Waals surface area contributed by atoms with Crippen LogP contribution in [0, 0.1) is 0 Å². The molecule has 2 N–H and O–H groups in total. The number of anilines is 1. The van der Waals surface area contributed by atoms with E-state index in [-0.39, 0.29) is 30.0 Å². The van der Waals surface area contributed by atoms with E-state index in [4.69, 9.17) is 9.16 Å². The van der Waals surface area contributed by atoms with E-state index in [1.807, 2.05) is 39.0 Å². The second kappa shape index (κ2) is 11.9. The van der Waals surface area contributed by atoms with Gasteiger partial charge in [0, 0.05) is 0 Å². The molecule has 2 aromatic heterocycles. The van der Waals surface area contributed by atoms with Crippen molar-refractivity contribution in [2.75, 3.05) is 11.9 Å². The van der Waals surface area contributed by atoms with Crippen molar-refractivity contribution in [1.29, 1.82) is 0 Å². The van der Waals surface area contributed by atoms with Crippen LogP contribution in [-0.4, -0.2) is 76.0 Å². The summed E-state index contributed by atoms with van der Waals surface area (Å²) in [6, 6.07) is 12.8. The average Bonchev–Trinajstić information content (AvgIpc) is 3.51. The number of carbonyl (C=O) groups is 3. The van der Waals surface area contributed by atoms with E-state index in [1.54, 1.807) is 12.1 Å². The Labute approximate surface area is 226 Å². The molecule has 13 heteroatoms. The summed E-state index contributed by atoms with van der Waals surface area (Å²) in [6.07, 6.45) is -3.60. The fourth-order valence-corrected chi connectivity index (χ4v) is 7.68. The Kier molecular flexibility index (Phi) is 8.60. The molecule has 0 saturated carbocycles. The number of nitrogens with one attached hydrogen (secondary N) is 1. The van der Waals surface area contributed by atoms with Crippen molar-refractivity contribution in [2.24, 2.45) is 0 Å². The number of carboxylic acid groups (broad SMARTS) is 1. The molecule has 1 aromatic carbocycles. The number of ether oxygens (including phenoxy) is 1. The molecule has 2 amide bonds. The quantitative estimate of drug-likeness (QED) is 0.363. The lowest BCUT2D eigenvalue weighted by atomic mass is 10.1. The number of fused-ring (bicyclic) bond motifs is 1. The predicted molar refractivity (Wildman–Crippen MR) is 144 cm³/mol. The third-order valence-corrected chi connectivity index (χ3v) is 11.9. The third-order valence-electron chi connectivity index (χ3n) is 7.26. The van der Waals surface area contributed by atoms with E-state index in [1.165, 1.54) is 18.3 Å². The van der Waals surface area contributed by atoms with Crippen molar-refractivity contribution in [2.45, 2.75) is 63.8 Å². The summed E-state index contributed by atoms with van der Waals surface area (Å²) >= 11 is 0. The largest absolute Gasteiger partial charge is 0.463 e. The van der Waals surface area contributed by atoms with Crippen LogP contribution in [0.5, 0.6) is 0 Å². The lowest BCUT2D eigenvalue weighted by Gasteiger charge is -2.35. The smallest absolute Gasteiger partial charge is 0.432 e. The molecule has 1 fully saturated rings. The maximum absolute atomic E-state index is 15.5. The Morgan fingerprint density at radius 2 is 1.79 bits per heavy atom. The zero-order valence-corrected chi connectivity index (χ0v) is 23.0. The Bertz CT molecular complexity index is 1330. The zero-order valence-electron chi connectivity index (χ0n) is 22.0. The highest BCUT2D eigenvalue weighted by Gasteiger charge is 2.52. The van der Waals surface area contributed by atoms with Gasteiger partial charge in [0.05, 0.1) is 18.3 Å². The Balaban J connectivity index is 1.60. The molecular formula is C26H32FN5O6Si. The van der Waals surface area contributed by atoms with Gasteiger partial charge in [0.15, 0.2) is 8.32 Å². The molecule has 3 atom stereocenters. The van der Waals surface area contributed by atoms with Crippen molar-refractivity contribution < 1.29 is 33.0 Å². The summed E-state index contributed by atoms with van der Waals surface area (Å²) < 4.78 is 28.2. The highest BCUT2D eigenvalue weighted by molar-refractivity contribution is 6.73. The van der Waals surface area contributed by atoms with Crippen LogP contribution in [0.2, 0.25) is 18.1 Å². The van der Waals surface area contributed by atoms with E-state index in [2.05, 4.69) is 15.4 Å². The number of alkyl halides is 1. The van der Waals surface area contributed by atoms with Crippen LogP contribution < -0.4 is 5.32 Å². The minimum atomic E-state index is -2.36. The molecule has 0 bridgehead atoms. The van der Waals surface area contributed by atoms with Crippen LogP contribution in [0.1, 0.15) is 26.3 Å². The minimum absolute atomic E-state index is 0.0314. The fourth-order valence-electron chi connectivity index (χ4n) is 4.83. The number of hydrogen-bond acceptors (Lipinski definition) is 7. The topological polar surface area (TPSA) is 136 Å². The first-order valence-corrected chi connectivity index (χ1v) is 15.4. The van der Waals surface area contributed by atoms with Gasteiger partial charge >= 0.3 is 12.2 Å². The van der Waals surface area contributed by atoms with E-state index in [9.17, 15) is 19.5 Å². The molecule has 1 aliphatic rings. The first-order chi connectivity index (χ1) is 18.7. The van der Waals surface area contributed by atoms with Crippen molar-refractivity contribution in [3.63, 3.8) is 0 Å². The normalized spacial score (nSPS) is 19.3. The fraction of sp³-hybridized carbons (Fsp3) is 0.423. The number of rotatable bonds is 9. The second-order valence-corrected chi connectivity index (χ2v) is 14.1. The molecule has 1 aliphatic heterocycles. The molecule has 4 rings (SSSR count). The lowest BCUT2D eigenvalue weighted by Crippen LogP contribution is -2.52. The average molecular weight is 558 g/mol. The maximum Gasteiger partial charge on any atom is 0.432 e. The summed E-state index contributed by atoms with van der Waals surface area (Å²) in [5.41, 5.74) is 1.23. The van der Waals surface area contributed by atoms with E-state index < -0.39 is 44.7 Å². The van der Waals surface area contributed by atoms with Crippen LogP contribution in [-0.2, 0) is 20.6 Å². The van der Waals surface area contributed by atoms with Gasteiger partial charge in [-0.25, -0.2) is 19.0 Å². The van der Waals surface area contributed by atoms with Gasteiger partial charge in [-0.3, -0.25) is 9.69 Å². The number of halogens is 1. The maximum atomic E-state index is 15.5. The summed E-state index contributed by atoms with van der Waals surface area (Å²) in [5.74, 6) is -0.582. The molecular weight excluding hydrogens is 525 g/mol. The molecule has 11 nitrogen and oxygen atoms in total. The molecule has 3 aromatic rings.